The predicted octanol–water partition coefficient (Wildman–Crippen LogP) is 4.04. The Bertz CT molecular complexity index is 1010. The third-order valence-corrected chi connectivity index (χ3v) is 5.32. The molecule has 1 heterocycles. The van der Waals surface area contributed by atoms with Crippen molar-refractivity contribution in [2.75, 3.05) is 0 Å². The summed E-state index contributed by atoms with van der Waals surface area (Å²) in [6, 6.07) is 12.4. The van der Waals surface area contributed by atoms with Crippen LogP contribution >= 0.6 is 0 Å². The SMILES string of the molecule is Cc1ccc(CS(=O)(=O)c2ccc(-c3noc(C(F)(F)F)n3)cc2)cc1. The zero-order valence-electron chi connectivity index (χ0n) is 13.5. The van der Waals surface area contributed by atoms with Gasteiger partial charge in [-0.2, -0.15) is 18.2 Å². The number of aryl methyl sites for hydroxylation is 1. The summed E-state index contributed by atoms with van der Waals surface area (Å²) in [6.07, 6.45) is -4.73. The van der Waals surface area contributed by atoms with Crippen molar-refractivity contribution in [2.24, 2.45) is 0 Å². The molecule has 26 heavy (non-hydrogen) atoms. The topological polar surface area (TPSA) is 73.1 Å². The molecule has 5 nitrogen and oxygen atoms in total. The first-order chi connectivity index (χ1) is 12.1. The van der Waals surface area contributed by atoms with Crippen molar-refractivity contribution < 1.29 is 26.1 Å². The monoisotopic (exact) mass is 382 g/mol. The van der Waals surface area contributed by atoms with E-state index >= 15 is 0 Å². The van der Waals surface area contributed by atoms with Gasteiger partial charge in [-0.05, 0) is 36.8 Å². The maximum atomic E-state index is 12.5. The van der Waals surface area contributed by atoms with Crippen LogP contribution in [0.1, 0.15) is 17.0 Å². The van der Waals surface area contributed by atoms with E-state index in [9.17, 15) is 21.6 Å². The molecular formula is C17H13F3N2O3S. The largest absolute Gasteiger partial charge is 0.471 e. The van der Waals surface area contributed by atoms with E-state index in [0.29, 0.717) is 5.56 Å². The van der Waals surface area contributed by atoms with Gasteiger partial charge in [-0.15, -0.1) is 0 Å². The van der Waals surface area contributed by atoms with Crippen LogP contribution < -0.4 is 0 Å². The molecule has 136 valence electrons. The Labute approximate surface area is 147 Å². The molecule has 0 unspecified atom stereocenters. The van der Waals surface area contributed by atoms with Gasteiger partial charge in [-0.1, -0.05) is 35.0 Å². The predicted molar refractivity (Wildman–Crippen MR) is 86.8 cm³/mol. The molecule has 2 aromatic carbocycles. The van der Waals surface area contributed by atoms with Gasteiger partial charge in [0.2, 0.25) is 5.82 Å². The fourth-order valence-corrected chi connectivity index (χ4v) is 3.60. The Hall–Kier alpha value is -2.68. The van der Waals surface area contributed by atoms with Crippen molar-refractivity contribution in [3.05, 3.63) is 65.5 Å². The molecule has 0 bridgehead atoms. The molecule has 0 fully saturated rings. The number of aromatic nitrogens is 2. The highest BCUT2D eigenvalue weighted by Gasteiger charge is 2.38. The van der Waals surface area contributed by atoms with E-state index in [2.05, 4.69) is 14.7 Å². The van der Waals surface area contributed by atoms with Gasteiger partial charge in [-0.25, -0.2) is 8.42 Å². The average Bonchev–Trinajstić information content (AvgIpc) is 3.07. The summed E-state index contributed by atoms with van der Waals surface area (Å²) in [6.45, 7) is 1.90. The van der Waals surface area contributed by atoms with E-state index in [-0.39, 0.29) is 22.0 Å². The Morgan fingerprint density at radius 1 is 1.00 bits per heavy atom. The van der Waals surface area contributed by atoms with Gasteiger partial charge >= 0.3 is 12.1 Å². The van der Waals surface area contributed by atoms with E-state index < -0.39 is 21.9 Å². The second kappa shape index (κ2) is 6.56. The highest BCUT2D eigenvalue weighted by molar-refractivity contribution is 7.90. The number of halogens is 3. The lowest BCUT2D eigenvalue weighted by Gasteiger charge is -2.06. The molecule has 0 aliphatic carbocycles. The summed E-state index contributed by atoms with van der Waals surface area (Å²) in [5.41, 5.74) is 1.89. The van der Waals surface area contributed by atoms with Gasteiger partial charge in [0.05, 0.1) is 10.6 Å². The van der Waals surface area contributed by atoms with E-state index in [1.807, 2.05) is 19.1 Å². The highest BCUT2D eigenvalue weighted by Crippen LogP contribution is 2.29. The zero-order valence-corrected chi connectivity index (χ0v) is 14.3. The molecule has 3 aromatic rings. The summed E-state index contributed by atoms with van der Waals surface area (Å²) in [5.74, 6) is -1.89. The summed E-state index contributed by atoms with van der Waals surface area (Å²) in [5, 5.41) is 3.27. The molecule has 0 saturated heterocycles. The smallest absolute Gasteiger partial charge is 0.329 e. The molecule has 0 atom stereocenters. The molecule has 0 aliphatic rings. The number of sulfone groups is 1. The number of rotatable bonds is 4. The first-order valence-electron chi connectivity index (χ1n) is 7.45. The van der Waals surface area contributed by atoms with Crippen molar-refractivity contribution in [2.45, 2.75) is 23.7 Å². The first kappa shape index (κ1) is 18.1. The summed E-state index contributed by atoms with van der Waals surface area (Å²) >= 11 is 0. The molecule has 0 radical (unpaired) electrons. The molecular weight excluding hydrogens is 369 g/mol. The second-order valence-corrected chi connectivity index (χ2v) is 7.68. The maximum absolute atomic E-state index is 12.5. The third-order valence-electron chi connectivity index (χ3n) is 3.62. The molecule has 0 saturated carbocycles. The number of nitrogens with zero attached hydrogens (tertiary/aromatic N) is 2. The van der Waals surface area contributed by atoms with Gasteiger partial charge in [0.25, 0.3) is 0 Å². The Morgan fingerprint density at radius 3 is 2.15 bits per heavy atom. The second-order valence-electron chi connectivity index (χ2n) is 5.69. The maximum Gasteiger partial charge on any atom is 0.471 e. The number of hydrogen-bond donors (Lipinski definition) is 0. The van der Waals surface area contributed by atoms with Crippen LogP contribution in [-0.2, 0) is 21.8 Å². The summed E-state index contributed by atoms with van der Waals surface area (Å²) < 4.78 is 66.6. The number of benzene rings is 2. The number of hydrogen-bond acceptors (Lipinski definition) is 5. The van der Waals surface area contributed by atoms with Crippen molar-refractivity contribution in [1.29, 1.82) is 0 Å². The fraction of sp³-hybridized carbons (Fsp3) is 0.176. The molecule has 9 heteroatoms. The van der Waals surface area contributed by atoms with Crippen LogP contribution in [0.25, 0.3) is 11.4 Å². The fourth-order valence-electron chi connectivity index (χ4n) is 2.25. The van der Waals surface area contributed by atoms with Gasteiger partial charge in [-0.3, -0.25) is 0 Å². The lowest BCUT2D eigenvalue weighted by atomic mass is 10.2. The minimum atomic E-state index is -4.73. The summed E-state index contributed by atoms with van der Waals surface area (Å²) in [4.78, 5) is 3.32. The van der Waals surface area contributed by atoms with Gasteiger partial charge in [0.1, 0.15) is 0 Å². The standard InChI is InChI=1S/C17H13F3N2O3S/c1-11-2-4-12(5-3-11)10-26(23,24)14-8-6-13(7-9-14)15-21-16(25-22-15)17(18,19)20/h2-9H,10H2,1H3. The van der Waals surface area contributed by atoms with Crippen LogP contribution in [0.5, 0.6) is 0 Å². The zero-order chi connectivity index (χ0) is 18.9. The van der Waals surface area contributed by atoms with Gasteiger partial charge in [0, 0.05) is 5.56 Å². The van der Waals surface area contributed by atoms with E-state index in [0.717, 1.165) is 5.56 Å². The van der Waals surface area contributed by atoms with Crippen molar-refractivity contribution in [3.8, 4) is 11.4 Å². The molecule has 0 aliphatic heterocycles. The minimum Gasteiger partial charge on any atom is -0.329 e. The lowest BCUT2D eigenvalue weighted by molar-refractivity contribution is -0.159. The van der Waals surface area contributed by atoms with Gasteiger partial charge < -0.3 is 4.52 Å². The number of alkyl halides is 3. The third kappa shape index (κ3) is 3.93. The molecule has 0 amide bonds. The van der Waals surface area contributed by atoms with Crippen LogP contribution in [0.2, 0.25) is 0 Å². The van der Waals surface area contributed by atoms with E-state index in [4.69, 9.17) is 0 Å². The van der Waals surface area contributed by atoms with Gasteiger partial charge in [0.15, 0.2) is 9.84 Å². The van der Waals surface area contributed by atoms with Crippen molar-refractivity contribution in [3.63, 3.8) is 0 Å². The normalized spacial score (nSPS) is 12.3. The average molecular weight is 382 g/mol. The van der Waals surface area contributed by atoms with E-state index in [1.165, 1.54) is 24.3 Å². The van der Waals surface area contributed by atoms with Crippen LogP contribution in [0.15, 0.2) is 57.9 Å². The minimum absolute atomic E-state index is 0.0568. The van der Waals surface area contributed by atoms with Crippen molar-refractivity contribution >= 4 is 9.84 Å². The van der Waals surface area contributed by atoms with Crippen LogP contribution in [0, 0.1) is 6.92 Å². The molecule has 3 rings (SSSR count). The quantitative estimate of drug-likeness (QED) is 0.681. The Balaban J connectivity index is 1.82. The van der Waals surface area contributed by atoms with E-state index in [1.54, 1.807) is 12.1 Å². The molecule has 0 spiro atoms. The van der Waals surface area contributed by atoms with Crippen molar-refractivity contribution in [1.82, 2.24) is 10.1 Å². The highest BCUT2D eigenvalue weighted by atomic mass is 32.2. The Morgan fingerprint density at radius 2 is 1.62 bits per heavy atom. The first-order valence-corrected chi connectivity index (χ1v) is 9.10. The summed E-state index contributed by atoms with van der Waals surface area (Å²) in [7, 11) is -3.59. The van der Waals surface area contributed by atoms with Crippen LogP contribution in [0.4, 0.5) is 13.2 Å². The van der Waals surface area contributed by atoms with Crippen LogP contribution in [0.3, 0.4) is 0 Å². The molecule has 1 aromatic heterocycles. The Kier molecular flexibility index (Phi) is 4.57. The lowest BCUT2D eigenvalue weighted by Crippen LogP contribution is -2.05. The van der Waals surface area contributed by atoms with Crippen LogP contribution in [-0.4, -0.2) is 18.6 Å². The molecule has 0 N–H and O–H groups in total.